The molecule has 0 unspecified atom stereocenters. The van der Waals surface area contributed by atoms with Gasteiger partial charge in [0.05, 0.1) is 6.73 Å². The van der Waals surface area contributed by atoms with Crippen molar-refractivity contribution in [2.75, 3.05) is 27.4 Å². The van der Waals surface area contributed by atoms with Crippen LogP contribution < -0.4 is 0 Å². The van der Waals surface area contributed by atoms with E-state index >= 15 is 0 Å². The van der Waals surface area contributed by atoms with Gasteiger partial charge in [-0.1, -0.05) is 12.1 Å². The van der Waals surface area contributed by atoms with Gasteiger partial charge in [0.1, 0.15) is 5.75 Å². The van der Waals surface area contributed by atoms with E-state index in [-0.39, 0.29) is 0 Å². The summed E-state index contributed by atoms with van der Waals surface area (Å²) in [6, 6.07) is 7.31. The molecule has 3 nitrogen and oxygen atoms in total. The van der Waals surface area contributed by atoms with Crippen molar-refractivity contribution in [2.45, 2.75) is 6.42 Å². The van der Waals surface area contributed by atoms with E-state index < -0.39 is 0 Å². The summed E-state index contributed by atoms with van der Waals surface area (Å²) in [4.78, 5) is 2.10. The third-order valence-corrected chi connectivity index (χ3v) is 2.07. The second kappa shape index (κ2) is 5.62. The maximum atomic E-state index is 9.09. The molecule has 1 aromatic rings. The molecule has 0 aliphatic rings. The highest BCUT2D eigenvalue weighted by molar-refractivity contribution is 5.25. The number of hydrogen-bond donors (Lipinski definition) is 1. The maximum absolute atomic E-state index is 9.09. The second-order valence-corrected chi connectivity index (χ2v) is 3.41. The van der Waals surface area contributed by atoms with Crippen LogP contribution >= 0.6 is 0 Å². The van der Waals surface area contributed by atoms with Gasteiger partial charge in [0.25, 0.3) is 0 Å². The monoisotopic (exact) mass is 195 g/mol. The molecule has 0 aromatic heterocycles. The number of hydrogen-bond acceptors (Lipinski definition) is 3. The first-order valence-corrected chi connectivity index (χ1v) is 4.68. The Labute approximate surface area is 84.9 Å². The van der Waals surface area contributed by atoms with Crippen LogP contribution in [0.15, 0.2) is 24.3 Å². The zero-order chi connectivity index (χ0) is 10.4. The van der Waals surface area contributed by atoms with Gasteiger partial charge in [-0.05, 0) is 31.2 Å². The van der Waals surface area contributed by atoms with Crippen molar-refractivity contribution in [3.05, 3.63) is 29.8 Å². The average molecular weight is 195 g/mol. The van der Waals surface area contributed by atoms with E-state index in [0.717, 1.165) is 13.0 Å². The standard InChI is InChI=1S/C11H17NO2/c1-12(9-14-2)8-7-10-3-5-11(13)6-4-10/h3-6,13H,7-9H2,1-2H3. The molecule has 0 radical (unpaired) electrons. The van der Waals surface area contributed by atoms with E-state index in [1.54, 1.807) is 19.2 Å². The lowest BCUT2D eigenvalue weighted by Crippen LogP contribution is -2.23. The number of phenolic OH excluding ortho intramolecular Hbond substituents is 1. The quantitative estimate of drug-likeness (QED) is 0.722. The Morgan fingerprint density at radius 2 is 1.93 bits per heavy atom. The molecular formula is C11H17NO2. The van der Waals surface area contributed by atoms with Gasteiger partial charge in [-0.15, -0.1) is 0 Å². The average Bonchev–Trinajstić information content (AvgIpc) is 2.17. The molecule has 3 heteroatoms. The van der Waals surface area contributed by atoms with Gasteiger partial charge in [0, 0.05) is 13.7 Å². The van der Waals surface area contributed by atoms with Crippen LogP contribution in [0.2, 0.25) is 0 Å². The fourth-order valence-corrected chi connectivity index (χ4v) is 1.27. The molecule has 0 saturated carbocycles. The van der Waals surface area contributed by atoms with Gasteiger partial charge < -0.3 is 9.84 Å². The third-order valence-electron chi connectivity index (χ3n) is 2.07. The minimum Gasteiger partial charge on any atom is -0.508 e. The van der Waals surface area contributed by atoms with E-state index in [2.05, 4.69) is 4.90 Å². The van der Waals surface area contributed by atoms with Crippen LogP contribution in [0, 0.1) is 0 Å². The van der Waals surface area contributed by atoms with Crippen molar-refractivity contribution in [1.82, 2.24) is 4.90 Å². The molecule has 1 rings (SSSR count). The Bertz CT molecular complexity index is 258. The zero-order valence-electron chi connectivity index (χ0n) is 8.73. The van der Waals surface area contributed by atoms with E-state index in [9.17, 15) is 0 Å². The van der Waals surface area contributed by atoms with Crippen molar-refractivity contribution in [1.29, 1.82) is 0 Å². The SMILES string of the molecule is COCN(C)CCc1ccc(O)cc1. The summed E-state index contributed by atoms with van der Waals surface area (Å²) in [5.74, 6) is 0.319. The normalized spacial score (nSPS) is 10.8. The Kier molecular flexibility index (Phi) is 4.43. The highest BCUT2D eigenvalue weighted by Crippen LogP contribution is 2.10. The van der Waals surface area contributed by atoms with Gasteiger partial charge in [-0.2, -0.15) is 0 Å². The summed E-state index contributed by atoms with van der Waals surface area (Å²) >= 11 is 0. The Balaban J connectivity index is 2.34. The van der Waals surface area contributed by atoms with Crippen LogP contribution in [0.4, 0.5) is 0 Å². The smallest absolute Gasteiger partial charge is 0.115 e. The fourth-order valence-electron chi connectivity index (χ4n) is 1.27. The van der Waals surface area contributed by atoms with Crippen molar-refractivity contribution in [2.24, 2.45) is 0 Å². The van der Waals surface area contributed by atoms with Crippen LogP contribution in [-0.4, -0.2) is 37.4 Å². The first kappa shape index (κ1) is 11.0. The van der Waals surface area contributed by atoms with Gasteiger partial charge in [-0.25, -0.2) is 0 Å². The Morgan fingerprint density at radius 1 is 1.29 bits per heavy atom. The third kappa shape index (κ3) is 3.77. The molecule has 0 amide bonds. The van der Waals surface area contributed by atoms with Gasteiger partial charge >= 0.3 is 0 Å². The molecule has 1 aromatic carbocycles. The minimum atomic E-state index is 0.319. The van der Waals surface area contributed by atoms with Crippen LogP contribution in [0.3, 0.4) is 0 Å². The number of nitrogens with zero attached hydrogens (tertiary/aromatic N) is 1. The van der Waals surface area contributed by atoms with Gasteiger partial charge in [0.2, 0.25) is 0 Å². The number of aromatic hydroxyl groups is 1. The van der Waals surface area contributed by atoms with E-state index in [1.165, 1.54) is 5.56 Å². The zero-order valence-corrected chi connectivity index (χ0v) is 8.73. The van der Waals surface area contributed by atoms with Gasteiger partial charge in [0.15, 0.2) is 0 Å². The highest BCUT2D eigenvalue weighted by atomic mass is 16.5. The van der Waals surface area contributed by atoms with Crippen molar-refractivity contribution >= 4 is 0 Å². The number of rotatable bonds is 5. The topological polar surface area (TPSA) is 32.7 Å². The van der Waals surface area contributed by atoms with Crippen LogP contribution in [0.5, 0.6) is 5.75 Å². The first-order valence-electron chi connectivity index (χ1n) is 4.68. The molecule has 0 saturated heterocycles. The largest absolute Gasteiger partial charge is 0.508 e. The lowest BCUT2D eigenvalue weighted by molar-refractivity contribution is 0.0827. The van der Waals surface area contributed by atoms with Crippen LogP contribution in [0.1, 0.15) is 5.56 Å². The molecule has 0 aliphatic carbocycles. The molecule has 78 valence electrons. The number of phenols is 1. The van der Waals surface area contributed by atoms with Crippen molar-refractivity contribution in [3.8, 4) is 5.75 Å². The summed E-state index contributed by atoms with van der Waals surface area (Å²) in [6.45, 7) is 1.61. The Hall–Kier alpha value is -1.06. The lowest BCUT2D eigenvalue weighted by atomic mass is 10.1. The molecular weight excluding hydrogens is 178 g/mol. The fraction of sp³-hybridized carbons (Fsp3) is 0.455. The molecule has 0 bridgehead atoms. The number of likely N-dealkylation sites (N-methyl/N-ethyl adjacent to an activating group) is 1. The summed E-state index contributed by atoms with van der Waals surface area (Å²) in [7, 11) is 3.71. The molecule has 0 spiro atoms. The summed E-state index contributed by atoms with van der Waals surface area (Å²) in [6.07, 6.45) is 0.972. The minimum absolute atomic E-state index is 0.319. The van der Waals surface area contributed by atoms with Crippen molar-refractivity contribution in [3.63, 3.8) is 0 Å². The number of ether oxygens (including phenoxy) is 1. The highest BCUT2D eigenvalue weighted by Gasteiger charge is 1.98. The Morgan fingerprint density at radius 3 is 2.50 bits per heavy atom. The van der Waals surface area contributed by atoms with E-state index in [4.69, 9.17) is 9.84 Å². The second-order valence-electron chi connectivity index (χ2n) is 3.41. The molecule has 0 aliphatic heterocycles. The molecule has 0 atom stereocenters. The van der Waals surface area contributed by atoms with Crippen LogP contribution in [0.25, 0.3) is 0 Å². The maximum Gasteiger partial charge on any atom is 0.115 e. The molecule has 0 heterocycles. The summed E-state index contributed by atoms with van der Waals surface area (Å²) in [5.41, 5.74) is 1.23. The lowest BCUT2D eigenvalue weighted by Gasteiger charge is -2.14. The number of methoxy groups -OCH3 is 1. The van der Waals surface area contributed by atoms with Crippen molar-refractivity contribution < 1.29 is 9.84 Å². The van der Waals surface area contributed by atoms with E-state index in [1.807, 2.05) is 19.2 Å². The molecule has 14 heavy (non-hydrogen) atoms. The molecule has 0 fully saturated rings. The summed E-state index contributed by atoms with van der Waals surface area (Å²) in [5, 5.41) is 9.09. The number of benzene rings is 1. The summed E-state index contributed by atoms with van der Waals surface area (Å²) < 4.78 is 5.00. The first-order chi connectivity index (χ1) is 6.72. The van der Waals surface area contributed by atoms with Gasteiger partial charge in [-0.3, -0.25) is 4.90 Å². The van der Waals surface area contributed by atoms with E-state index in [0.29, 0.717) is 12.5 Å². The van der Waals surface area contributed by atoms with Crippen LogP contribution in [-0.2, 0) is 11.2 Å². The predicted molar refractivity (Wildman–Crippen MR) is 56.3 cm³/mol. The predicted octanol–water partition coefficient (Wildman–Crippen LogP) is 1.47. The molecule has 1 N–H and O–H groups in total.